The number of aryl methyl sites for hydroxylation is 1. The van der Waals surface area contributed by atoms with E-state index in [-0.39, 0.29) is 11.4 Å². The lowest BCUT2D eigenvalue weighted by Gasteiger charge is -2.12. The summed E-state index contributed by atoms with van der Waals surface area (Å²) in [7, 11) is 0. The number of carbonyl (C=O) groups is 2. The number of rotatable bonds is 6. The van der Waals surface area contributed by atoms with Gasteiger partial charge in [-0.25, -0.2) is 9.78 Å². The van der Waals surface area contributed by atoms with Crippen LogP contribution in [0.1, 0.15) is 12.5 Å². The zero-order valence-corrected chi connectivity index (χ0v) is 11.6. The number of amides is 1. The molecule has 1 heterocycles. The number of aromatic nitrogens is 1. The van der Waals surface area contributed by atoms with Gasteiger partial charge in [-0.05, 0) is 13.0 Å². The summed E-state index contributed by atoms with van der Waals surface area (Å²) in [5.74, 6) is -1.50. The second-order valence-electron chi connectivity index (χ2n) is 3.97. The van der Waals surface area contributed by atoms with Crippen molar-refractivity contribution in [3.8, 4) is 0 Å². The second-order valence-corrected chi connectivity index (χ2v) is 5.01. The van der Waals surface area contributed by atoms with E-state index in [0.29, 0.717) is 10.6 Å². The lowest BCUT2D eigenvalue weighted by atomic mass is 10.3. The number of nitrogens with one attached hydrogen (secondary N) is 1. The Hall–Kier alpha value is -2.16. The van der Waals surface area contributed by atoms with Crippen molar-refractivity contribution < 1.29 is 19.6 Å². The summed E-state index contributed by atoms with van der Waals surface area (Å²) in [4.78, 5) is 35.8. The summed E-state index contributed by atoms with van der Waals surface area (Å²) < 4.78 is 0. The first-order chi connectivity index (χ1) is 9.31. The van der Waals surface area contributed by atoms with E-state index in [2.05, 4.69) is 10.3 Å². The molecule has 2 N–H and O–H groups in total. The molecular weight excluding hydrogens is 286 g/mol. The molecule has 1 atom stereocenters. The summed E-state index contributed by atoms with van der Waals surface area (Å²) in [6.07, 6.45) is 1.13. The number of nitro groups is 1. The van der Waals surface area contributed by atoms with Crippen LogP contribution in [-0.2, 0) is 9.59 Å². The minimum absolute atomic E-state index is 0.0825. The molecule has 108 valence electrons. The predicted molar refractivity (Wildman–Crippen MR) is 71.6 cm³/mol. The van der Waals surface area contributed by atoms with Crippen LogP contribution in [0.25, 0.3) is 0 Å². The third kappa shape index (κ3) is 4.50. The maximum Gasteiger partial charge on any atom is 0.327 e. The Labute approximate surface area is 118 Å². The van der Waals surface area contributed by atoms with Crippen LogP contribution in [0.15, 0.2) is 17.3 Å². The molecule has 0 bridgehead atoms. The van der Waals surface area contributed by atoms with Crippen LogP contribution < -0.4 is 5.32 Å². The molecular formula is C11H13N3O5S. The molecule has 0 aliphatic rings. The van der Waals surface area contributed by atoms with Crippen LogP contribution in [0, 0.1) is 17.0 Å². The van der Waals surface area contributed by atoms with Gasteiger partial charge in [-0.2, -0.15) is 0 Å². The van der Waals surface area contributed by atoms with E-state index in [9.17, 15) is 19.7 Å². The van der Waals surface area contributed by atoms with Gasteiger partial charge >= 0.3 is 5.97 Å². The van der Waals surface area contributed by atoms with Gasteiger partial charge in [0.25, 0.3) is 5.69 Å². The zero-order valence-electron chi connectivity index (χ0n) is 10.8. The minimum Gasteiger partial charge on any atom is -0.480 e. The van der Waals surface area contributed by atoms with E-state index in [1.807, 2.05) is 0 Å². The Morgan fingerprint density at radius 1 is 1.60 bits per heavy atom. The number of carbonyl (C=O) groups excluding carboxylic acids is 1. The van der Waals surface area contributed by atoms with Gasteiger partial charge in [-0.3, -0.25) is 14.9 Å². The number of nitrogens with zero attached hydrogens (tertiary/aromatic N) is 2. The monoisotopic (exact) mass is 299 g/mol. The Morgan fingerprint density at radius 2 is 2.25 bits per heavy atom. The van der Waals surface area contributed by atoms with Crippen molar-refractivity contribution in [2.45, 2.75) is 24.9 Å². The number of pyridine rings is 1. The fourth-order valence-corrected chi connectivity index (χ4v) is 2.33. The van der Waals surface area contributed by atoms with Crippen LogP contribution in [-0.4, -0.2) is 38.7 Å². The van der Waals surface area contributed by atoms with Crippen LogP contribution in [0.4, 0.5) is 5.69 Å². The van der Waals surface area contributed by atoms with Crippen molar-refractivity contribution in [2.75, 3.05) is 5.75 Å². The molecule has 0 saturated heterocycles. The van der Waals surface area contributed by atoms with E-state index in [4.69, 9.17) is 5.11 Å². The summed E-state index contributed by atoms with van der Waals surface area (Å²) in [5, 5.41) is 22.3. The maximum absolute atomic E-state index is 10.9. The van der Waals surface area contributed by atoms with Gasteiger partial charge in [-0.15, -0.1) is 11.8 Å². The lowest BCUT2D eigenvalue weighted by molar-refractivity contribution is -0.385. The molecule has 9 heteroatoms. The smallest absolute Gasteiger partial charge is 0.327 e. The summed E-state index contributed by atoms with van der Waals surface area (Å²) in [5.41, 5.74) is 0.352. The highest BCUT2D eigenvalue weighted by Crippen LogP contribution is 2.23. The summed E-state index contributed by atoms with van der Waals surface area (Å²) >= 11 is 1.10. The third-order valence-electron chi connectivity index (χ3n) is 2.33. The standard InChI is InChI=1S/C11H13N3O5S/c1-6-3-10(12-4-9(6)14(18)19)20-5-8(11(16)17)13-7(2)15/h3-4,8H,5H2,1-2H3,(H,13,15)(H,16,17). The summed E-state index contributed by atoms with van der Waals surface area (Å²) in [6, 6.07) is 0.477. The van der Waals surface area contributed by atoms with E-state index >= 15 is 0 Å². The Balaban J connectivity index is 2.73. The molecule has 0 spiro atoms. The van der Waals surface area contributed by atoms with Gasteiger partial charge in [0.15, 0.2) is 0 Å². The highest BCUT2D eigenvalue weighted by atomic mass is 32.2. The average Bonchev–Trinajstić information content (AvgIpc) is 2.33. The van der Waals surface area contributed by atoms with Crippen molar-refractivity contribution in [3.05, 3.63) is 27.9 Å². The minimum atomic E-state index is -1.15. The molecule has 1 aromatic heterocycles. The Morgan fingerprint density at radius 3 is 2.70 bits per heavy atom. The third-order valence-corrected chi connectivity index (χ3v) is 3.35. The average molecular weight is 299 g/mol. The largest absolute Gasteiger partial charge is 0.480 e. The predicted octanol–water partition coefficient (Wildman–Crippen LogP) is 0.980. The normalized spacial score (nSPS) is 11.7. The van der Waals surface area contributed by atoms with Crippen molar-refractivity contribution in [1.82, 2.24) is 10.3 Å². The number of thioether (sulfide) groups is 1. The molecule has 1 rings (SSSR count). The van der Waals surface area contributed by atoms with Crippen LogP contribution >= 0.6 is 11.8 Å². The highest BCUT2D eigenvalue weighted by molar-refractivity contribution is 7.99. The molecule has 20 heavy (non-hydrogen) atoms. The van der Waals surface area contributed by atoms with E-state index in [1.54, 1.807) is 6.92 Å². The molecule has 0 aliphatic heterocycles. The van der Waals surface area contributed by atoms with Crippen molar-refractivity contribution in [2.24, 2.45) is 0 Å². The first-order valence-corrected chi connectivity index (χ1v) is 6.53. The van der Waals surface area contributed by atoms with Gasteiger partial charge in [0.1, 0.15) is 12.2 Å². The number of hydrogen-bond donors (Lipinski definition) is 2. The quantitative estimate of drug-likeness (QED) is 0.456. The van der Waals surface area contributed by atoms with Crippen molar-refractivity contribution in [3.63, 3.8) is 0 Å². The molecule has 1 unspecified atom stereocenters. The fourth-order valence-electron chi connectivity index (χ4n) is 1.38. The van der Waals surface area contributed by atoms with Gasteiger partial charge in [0.05, 0.1) is 9.95 Å². The molecule has 0 aliphatic carbocycles. The fraction of sp³-hybridized carbons (Fsp3) is 0.364. The van der Waals surface area contributed by atoms with Crippen molar-refractivity contribution in [1.29, 1.82) is 0 Å². The Kier molecular flexibility index (Phi) is 5.44. The first-order valence-electron chi connectivity index (χ1n) is 5.55. The molecule has 0 fully saturated rings. The van der Waals surface area contributed by atoms with Gasteiger partial charge in [0, 0.05) is 18.2 Å². The van der Waals surface area contributed by atoms with Gasteiger partial charge in [-0.1, -0.05) is 0 Å². The van der Waals surface area contributed by atoms with Crippen LogP contribution in [0.3, 0.4) is 0 Å². The van der Waals surface area contributed by atoms with E-state index < -0.39 is 22.8 Å². The molecule has 1 aromatic rings. The molecule has 8 nitrogen and oxygen atoms in total. The second kappa shape index (κ2) is 6.85. The number of carboxylic acid groups (broad SMARTS) is 1. The van der Waals surface area contributed by atoms with E-state index in [0.717, 1.165) is 18.0 Å². The zero-order chi connectivity index (χ0) is 15.3. The van der Waals surface area contributed by atoms with Gasteiger partial charge < -0.3 is 10.4 Å². The first kappa shape index (κ1) is 15.9. The topological polar surface area (TPSA) is 122 Å². The number of carboxylic acids is 1. The van der Waals surface area contributed by atoms with Crippen LogP contribution in [0.5, 0.6) is 0 Å². The number of aliphatic carboxylic acids is 1. The van der Waals surface area contributed by atoms with Crippen molar-refractivity contribution >= 4 is 29.3 Å². The highest BCUT2D eigenvalue weighted by Gasteiger charge is 2.19. The van der Waals surface area contributed by atoms with Crippen LogP contribution in [0.2, 0.25) is 0 Å². The number of hydrogen-bond acceptors (Lipinski definition) is 6. The molecule has 0 radical (unpaired) electrons. The summed E-state index contributed by atoms with van der Waals surface area (Å²) in [6.45, 7) is 2.81. The molecule has 0 aromatic carbocycles. The SMILES string of the molecule is CC(=O)NC(CSc1cc(C)c([N+](=O)[O-])cn1)C(=O)O. The lowest BCUT2D eigenvalue weighted by Crippen LogP contribution is -2.41. The maximum atomic E-state index is 10.9. The molecule has 0 saturated carbocycles. The van der Waals surface area contributed by atoms with Gasteiger partial charge in [0.2, 0.25) is 5.91 Å². The Bertz CT molecular complexity index is 549. The van der Waals surface area contributed by atoms with E-state index in [1.165, 1.54) is 13.0 Å². The molecule has 1 amide bonds.